The van der Waals surface area contributed by atoms with E-state index in [9.17, 15) is 9.36 Å². The first-order chi connectivity index (χ1) is 17.2. The summed E-state index contributed by atoms with van der Waals surface area (Å²) in [7, 11) is -2.85. The molecule has 0 atom stereocenters. The molecular weight excluding hydrogens is 455 g/mol. The van der Waals surface area contributed by atoms with Crippen LogP contribution in [0.3, 0.4) is 0 Å². The summed E-state index contributed by atoms with van der Waals surface area (Å²) in [5, 5.41) is 4.74. The van der Waals surface area contributed by atoms with Crippen LogP contribution in [-0.2, 0) is 9.36 Å². The van der Waals surface area contributed by atoms with E-state index in [1.54, 1.807) is 24.5 Å². The summed E-state index contributed by atoms with van der Waals surface area (Å²) in [5.41, 5.74) is 0.908. The number of benzene rings is 2. The molecule has 1 N–H and O–H groups in total. The van der Waals surface area contributed by atoms with E-state index >= 15 is 0 Å². The minimum atomic E-state index is -2.85. The van der Waals surface area contributed by atoms with Crippen LogP contribution in [0.2, 0.25) is 0 Å². The molecule has 1 amide bonds. The highest BCUT2D eigenvalue weighted by atomic mass is 31.2. The van der Waals surface area contributed by atoms with Gasteiger partial charge >= 0.3 is 0 Å². The molecule has 2 aromatic carbocycles. The van der Waals surface area contributed by atoms with Gasteiger partial charge in [0.1, 0.15) is 0 Å². The van der Waals surface area contributed by atoms with Gasteiger partial charge in [-0.1, -0.05) is 42.5 Å². The zero-order valence-electron chi connectivity index (χ0n) is 20.0. The molecule has 1 aromatic heterocycles. The number of pyridine rings is 1. The summed E-state index contributed by atoms with van der Waals surface area (Å²) in [6.45, 7) is 4.98. The molecule has 0 aliphatic carbocycles. The van der Waals surface area contributed by atoms with Gasteiger partial charge in [0.2, 0.25) is 13.2 Å². The number of hydrogen-bond acceptors (Lipinski definition) is 4. The zero-order chi connectivity index (χ0) is 24.3. The SMILES string of the molecule is O=C(C=Cc1cccnc1)NCCCCN1CCN(P(=O)(c2ccccc2)c2ccccc2)CC1. The second-order valence-corrected chi connectivity index (χ2v) is 11.4. The van der Waals surface area contributed by atoms with E-state index in [0.717, 1.165) is 61.7 Å². The van der Waals surface area contributed by atoms with Crippen LogP contribution in [0.4, 0.5) is 0 Å². The molecule has 1 saturated heterocycles. The highest BCUT2D eigenvalue weighted by molar-refractivity contribution is 7.76. The maximum Gasteiger partial charge on any atom is 0.243 e. The average molecular weight is 489 g/mol. The van der Waals surface area contributed by atoms with Crippen molar-refractivity contribution < 1.29 is 9.36 Å². The molecular formula is C28H33N4O2P. The van der Waals surface area contributed by atoms with Gasteiger partial charge in [0.25, 0.3) is 0 Å². The van der Waals surface area contributed by atoms with E-state index in [1.165, 1.54) is 0 Å². The van der Waals surface area contributed by atoms with E-state index in [2.05, 4.69) is 19.9 Å². The molecule has 1 aliphatic rings. The lowest BCUT2D eigenvalue weighted by atomic mass is 10.2. The summed E-state index contributed by atoms with van der Waals surface area (Å²) in [4.78, 5) is 18.5. The van der Waals surface area contributed by atoms with Gasteiger partial charge in [-0.2, -0.15) is 0 Å². The van der Waals surface area contributed by atoms with Crippen LogP contribution >= 0.6 is 7.29 Å². The Morgan fingerprint density at radius 2 is 1.54 bits per heavy atom. The van der Waals surface area contributed by atoms with Crippen molar-refractivity contribution in [1.29, 1.82) is 0 Å². The molecule has 0 radical (unpaired) electrons. The van der Waals surface area contributed by atoms with Gasteiger partial charge in [0, 0.05) is 61.8 Å². The number of nitrogens with zero attached hydrogens (tertiary/aromatic N) is 3. The highest BCUT2D eigenvalue weighted by Crippen LogP contribution is 2.47. The Morgan fingerprint density at radius 3 is 2.14 bits per heavy atom. The Hall–Kier alpha value is -3.05. The molecule has 0 bridgehead atoms. The number of carbonyl (C=O) groups excluding carboxylic acids is 1. The lowest BCUT2D eigenvalue weighted by molar-refractivity contribution is -0.116. The van der Waals surface area contributed by atoms with Crippen molar-refractivity contribution >= 4 is 29.9 Å². The van der Waals surface area contributed by atoms with Gasteiger partial charge in [-0.25, -0.2) is 4.67 Å². The summed E-state index contributed by atoms with van der Waals surface area (Å²) < 4.78 is 16.6. The second kappa shape index (κ2) is 12.6. The molecule has 1 fully saturated rings. The van der Waals surface area contributed by atoms with Crippen molar-refractivity contribution in [3.8, 4) is 0 Å². The fourth-order valence-corrected chi connectivity index (χ4v) is 7.20. The Morgan fingerprint density at radius 1 is 0.886 bits per heavy atom. The molecule has 0 unspecified atom stereocenters. The first-order valence-corrected chi connectivity index (χ1v) is 13.9. The Labute approximate surface area is 208 Å². The van der Waals surface area contributed by atoms with E-state index < -0.39 is 7.29 Å². The molecule has 182 valence electrons. The van der Waals surface area contributed by atoms with Gasteiger partial charge < -0.3 is 10.2 Å². The maximum absolute atomic E-state index is 14.4. The van der Waals surface area contributed by atoms with E-state index in [-0.39, 0.29) is 5.91 Å². The minimum Gasteiger partial charge on any atom is -0.353 e. The van der Waals surface area contributed by atoms with Crippen molar-refractivity contribution in [3.63, 3.8) is 0 Å². The molecule has 3 aromatic rings. The number of piperazine rings is 1. The fourth-order valence-electron chi connectivity index (χ4n) is 4.36. The summed E-state index contributed by atoms with van der Waals surface area (Å²) in [5.74, 6) is -0.0833. The Bertz CT molecular complexity index is 1090. The third-order valence-electron chi connectivity index (χ3n) is 6.27. The third kappa shape index (κ3) is 6.76. The number of hydrogen-bond donors (Lipinski definition) is 1. The molecule has 35 heavy (non-hydrogen) atoms. The average Bonchev–Trinajstić information content (AvgIpc) is 2.93. The molecule has 2 heterocycles. The number of nitrogens with one attached hydrogen (secondary N) is 1. The van der Waals surface area contributed by atoms with Crippen LogP contribution < -0.4 is 15.9 Å². The van der Waals surface area contributed by atoms with Gasteiger partial charge in [-0.15, -0.1) is 0 Å². The first kappa shape index (κ1) is 25.1. The number of carbonyl (C=O) groups is 1. The van der Waals surface area contributed by atoms with Crippen LogP contribution in [0.5, 0.6) is 0 Å². The number of unbranched alkanes of at least 4 members (excludes halogenated alkanes) is 1. The lowest BCUT2D eigenvalue weighted by Crippen LogP contribution is -2.47. The smallest absolute Gasteiger partial charge is 0.243 e. The normalized spacial score (nSPS) is 15.3. The zero-order valence-corrected chi connectivity index (χ0v) is 20.9. The van der Waals surface area contributed by atoms with Crippen molar-refractivity contribution in [2.75, 3.05) is 39.3 Å². The van der Waals surface area contributed by atoms with Crippen LogP contribution in [-0.4, -0.2) is 59.7 Å². The molecule has 4 rings (SSSR count). The predicted molar refractivity (Wildman–Crippen MR) is 143 cm³/mol. The lowest BCUT2D eigenvalue weighted by Gasteiger charge is -2.39. The molecule has 1 aliphatic heterocycles. The maximum atomic E-state index is 14.4. The van der Waals surface area contributed by atoms with Crippen molar-refractivity contribution in [3.05, 3.63) is 96.8 Å². The highest BCUT2D eigenvalue weighted by Gasteiger charge is 2.36. The topological polar surface area (TPSA) is 65.5 Å². The second-order valence-electron chi connectivity index (χ2n) is 8.66. The van der Waals surface area contributed by atoms with Crippen molar-refractivity contribution in [2.45, 2.75) is 12.8 Å². The van der Waals surface area contributed by atoms with Crippen molar-refractivity contribution in [2.24, 2.45) is 0 Å². The molecule has 0 saturated carbocycles. The van der Waals surface area contributed by atoms with Gasteiger partial charge in [-0.3, -0.25) is 14.3 Å². The monoisotopic (exact) mass is 488 g/mol. The minimum absolute atomic E-state index is 0.0833. The standard InChI is InChI=1S/C28H33N4O2P/c33-28(16-15-25-10-9-17-29-24-25)30-18-7-8-19-31-20-22-32(23-21-31)35(34,26-11-3-1-4-12-26)27-13-5-2-6-14-27/h1-6,9-17,24H,7-8,18-23H2,(H,30,33). The predicted octanol–water partition coefficient (Wildman–Crippen LogP) is 3.54. The molecule has 7 heteroatoms. The number of rotatable bonds is 10. The Balaban J connectivity index is 1.22. The van der Waals surface area contributed by atoms with Gasteiger partial charge in [0.05, 0.1) is 0 Å². The van der Waals surface area contributed by atoms with Crippen molar-refractivity contribution in [1.82, 2.24) is 19.9 Å². The summed E-state index contributed by atoms with van der Waals surface area (Å²) in [6.07, 6.45) is 8.70. The van der Waals surface area contributed by atoms with Gasteiger partial charge in [-0.05, 0) is 61.4 Å². The largest absolute Gasteiger partial charge is 0.353 e. The van der Waals surface area contributed by atoms with Gasteiger partial charge in [0.15, 0.2) is 0 Å². The third-order valence-corrected chi connectivity index (χ3v) is 9.46. The van der Waals surface area contributed by atoms with Crippen LogP contribution in [0, 0.1) is 0 Å². The fraction of sp³-hybridized carbons (Fsp3) is 0.286. The Kier molecular flexibility index (Phi) is 9.02. The van der Waals surface area contributed by atoms with E-state index in [1.807, 2.05) is 72.8 Å². The van der Waals surface area contributed by atoms with Crippen LogP contribution in [0.15, 0.2) is 91.3 Å². The number of aromatic nitrogens is 1. The number of amides is 1. The summed E-state index contributed by atoms with van der Waals surface area (Å²) >= 11 is 0. The van der Waals surface area contributed by atoms with E-state index in [0.29, 0.717) is 6.54 Å². The summed E-state index contributed by atoms with van der Waals surface area (Å²) in [6, 6.07) is 23.5. The van der Waals surface area contributed by atoms with E-state index in [4.69, 9.17) is 0 Å². The molecule has 0 spiro atoms. The molecule has 6 nitrogen and oxygen atoms in total. The quantitative estimate of drug-likeness (QED) is 0.269. The van der Waals surface area contributed by atoms with Crippen LogP contribution in [0.25, 0.3) is 6.08 Å². The van der Waals surface area contributed by atoms with Crippen LogP contribution in [0.1, 0.15) is 18.4 Å². The first-order valence-electron chi connectivity index (χ1n) is 12.2.